The van der Waals surface area contributed by atoms with Crippen LogP contribution in [0.15, 0.2) is 48.5 Å². The van der Waals surface area contributed by atoms with E-state index in [0.717, 1.165) is 10.6 Å². The molecule has 1 aliphatic heterocycles. The molecular formula is C19H12ClN5O2S. The summed E-state index contributed by atoms with van der Waals surface area (Å²) in [6.45, 7) is 0.271. The predicted octanol–water partition coefficient (Wildman–Crippen LogP) is 3.34. The Morgan fingerprint density at radius 1 is 0.929 bits per heavy atom. The number of amides is 2. The van der Waals surface area contributed by atoms with Crippen LogP contribution in [0.4, 0.5) is 0 Å². The van der Waals surface area contributed by atoms with Crippen molar-refractivity contribution in [1.29, 1.82) is 0 Å². The second-order valence-electron chi connectivity index (χ2n) is 6.28. The highest BCUT2D eigenvalue weighted by Crippen LogP contribution is 2.25. The van der Waals surface area contributed by atoms with Crippen molar-refractivity contribution in [2.24, 2.45) is 0 Å². The Morgan fingerprint density at radius 3 is 2.29 bits per heavy atom. The van der Waals surface area contributed by atoms with Gasteiger partial charge in [-0.3, -0.25) is 14.5 Å². The molecule has 5 rings (SSSR count). The van der Waals surface area contributed by atoms with Gasteiger partial charge in [0.1, 0.15) is 5.01 Å². The molecule has 0 aliphatic carbocycles. The van der Waals surface area contributed by atoms with Gasteiger partial charge in [0.25, 0.3) is 11.8 Å². The zero-order valence-electron chi connectivity index (χ0n) is 14.4. The van der Waals surface area contributed by atoms with Crippen molar-refractivity contribution < 1.29 is 9.59 Å². The lowest BCUT2D eigenvalue weighted by Crippen LogP contribution is -2.31. The van der Waals surface area contributed by atoms with Gasteiger partial charge >= 0.3 is 0 Å². The second-order valence-corrected chi connectivity index (χ2v) is 7.76. The number of nitrogens with zero attached hydrogens (tertiary/aromatic N) is 5. The fraction of sp³-hybridized carbons (Fsp3) is 0.105. The van der Waals surface area contributed by atoms with Gasteiger partial charge in [-0.25, -0.2) is 0 Å². The van der Waals surface area contributed by atoms with Crippen molar-refractivity contribution in [3.8, 4) is 11.4 Å². The number of imide groups is 1. The molecule has 7 nitrogen and oxygen atoms in total. The Kier molecular flexibility index (Phi) is 3.96. The van der Waals surface area contributed by atoms with Crippen LogP contribution in [0.1, 0.15) is 25.7 Å². The molecule has 2 aromatic heterocycles. The molecule has 138 valence electrons. The van der Waals surface area contributed by atoms with Crippen LogP contribution in [0, 0.1) is 0 Å². The fourth-order valence-corrected chi connectivity index (χ4v) is 4.13. The van der Waals surface area contributed by atoms with Crippen molar-refractivity contribution in [1.82, 2.24) is 24.7 Å². The summed E-state index contributed by atoms with van der Waals surface area (Å²) in [6, 6.07) is 14.2. The molecule has 0 saturated heterocycles. The average Bonchev–Trinajstić information content (AvgIpc) is 3.35. The minimum absolute atomic E-state index is 0.259. The Balaban J connectivity index is 1.38. The molecule has 0 unspecified atom stereocenters. The molecule has 1 aliphatic rings. The highest BCUT2D eigenvalue weighted by atomic mass is 35.5. The number of hydrogen-bond donors (Lipinski definition) is 0. The largest absolute Gasteiger partial charge is 0.274 e. The standard InChI is InChI=1S/C19H12ClN5O2S/c20-12-7-5-11(6-8-12)16-21-22-19-25(16)23-15(28-19)9-10-24-17(26)13-3-1-2-4-14(13)18(24)27/h1-8H,9-10H2. The number of aromatic nitrogens is 4. The molecule has 2 amide bonds. The van der Waals surface area contributed by atoms with Gasteiger partial charge in [-0.2, -0.15) is 9.61 Å². The van der Waals surface area contributed by atoms with Gasteiger partial charge in [0, 0.05) is 23.6 Å². The first-order valence-electron chi connectivity index (χ1n) is 8.54. The highest BCUT2D eigenvalue weighted by molar-refractivity contribution is 7.16. The molecule has 0 N–H and O–H groups in total. The summed E-state index contributed by atoms with van der Waals surface area (Å²) >= 11 is 7.33. The zero-order valence-corrected chi connectivity index (χ0v) is 15.9. The minimum Gasteiger partial charge on any atom is -0.274 e. The minimum atomic E-state index is -0.259. The van der Waals surface area contributed by atoms with Crippen molar-refractivity contribution in [3.63, 3.8) is 0 Å². The molecule has 9 heteroatoms. The first-order valence-corrected chi connectivity index (χ1v) is 9.73. The molecule has 0 radical (unpaired) electrons. The van der Waals surface area contributed by atoms with Gasteiger partial charge in [0.05, 0.1) is 11.1 Å². The Morgan fingerprint density at radius 2 is 1.61 bits per heavy atom. The van der Waals surface area contributed by atoms with E-state index in [9.17, 15) is 9.59 Å². The molecule has 0 spiro atoms. The van der Waals surface area contributed by atoms with E-state index in [-0.39, 0.29) is 18.4 Å². The van der Waals surface area contributed by atoms with E-state index in [1.54, 1.807) is 40.9 Å². The van der Waals surface area contributed by atoms with Gasteiger partial charge < -0.3 is 0 Å². The van der Waals surface area contributed by atoms with E-state index >= 15 is 0 Å². The third-order valence-corrected chi connectivity index (χ3v) is 5.77. The van der Waals surface area contributed by atoms with Crippen LogP contribution in [0.5, 0.6) is 0 Å². The summed E-state index contributed by atoms with van der Waals surface area (Å²) in [6.07, 6.45) is 0.458. The van der Waals surface area contributed by atoms with Crippen LogP contribution >= 0.6 is 22.9 Å². The van der Waals surface area contributed by atoms with Gasteiger partial charge in [-0.15, -0.1) is 10.2 Å². The molecule has 28 heavy (non-hydrogen) atoms. The normalized spacial score (nSPS) is 13.5. The number of rotatable bonds is 4. The molecule has 0 bridgehead atoms. The van der Waals surface area contributed by atoms with Crippen molar-refractivity contribution in [2.75, 3.05) is 6.54 Å². The van der Waals surface area contributed by atoms with Crippen molar-refractivity contribution >= 4 is 39.7 Å². The molecule has 0 fully saturated rings. The molecule has 0 saturated carbocycles. The lowest BCUT2D eigenvalue weighted by Gasteiger charge is -2.12. The van der Waals surface area contributed by atoms with Gasteiger partial charge in [-0.05, 0) is 36.4 Å². The number of carbonyl (C=O) groups is 2. The maximum absolute atomic E-state index is 12.5. The van der Waals surface area contributed by atoms with E-state index < -0.39 is 0 Å². The summed E-state index contributed by atoms with van der Waals surface area (Å²) in [5.74, 6) is 0.103. The highest BCUT2D eigenvalue weighted by Gasteiger charge is 2.34. The predicted molar refractivity (Wildman–Crippen MR) is 105 cm³/mol. The summed E-state index contributed by atoms with van der Waals surface area (Å²) in [5, 5.41) is 14.3. The second kappa shape index (κ2) is 6.50. The first kappa shape index (κ1) is 17.0. The Bertz CT molecular complexity index is 1200. The molecule has 2 aromatic carbocycles. The maximum Gasteiger partial charge on any atom is 0.261 e. The first-order chi connectivity index (χ1) is 13.6. The summed E-state index contributed by atoms with van der Waals surface area (Å²) in [4.78, 5) is 26.9. The Hall–Kier alpha value is -3.10. The lowest BCUT2D eigenvalue weighted by atomic mass is 10.1. The van der Waals surface area contributed by atoms with Gasteiger partial charge in [0.15, 0.2) is 5.82 Å². The van der Waals surface area contributed by atoms with Gasteiger partial charge in [0.2, 0.25) is 4.96 Å². The van der Waals surface area contributed by atoms with Crippen LogP contribution in [0.2, 0.25) is 5.02 Å². The van der Waals surface area contributed by atoms with Crippen molar-refractivity contribution in [3.05, 3.63) is 69.7 Å². The van der Waals surface area contributed by atoms with E-state index in [2.05, 4.69) is 15.3 Å². The zero-order chi connectivity index (χ0) is 19.3. The summed E-state index contributed by atoms with van der Waals surface area (Å²) < 4.78 is 1.67. The number of hydrogen-bond acceptors (Lipinski definition) is 6. The molecule has 0 atom stereocenters. The molecule has 3 heterocycles. The smallest absolute Gasteiger partial charge is 0.261 e. The number of fused-ring (bicyclic) bond motifs is 2. The summed E-state index contributed by atoms with van der Waals surface area (Å²) in [5.41, 5.74) is 1.76. The van der Waals surface area contributed by atoms with Crippen LogP contribution in [-0.4, -0.2) is 43.1 Å². The third kappa shape index (κ3) is 2.69. The van der Waals surface area contributed by atoms with E-state index in [4.69, 9.17) is 11.6 Å². The van der Waals surface area contributed by atoms with Gasteiger partial charge in [-0.1, -0.05) is 35.1 Å². The van der Waals surface area contributed by atoms with Crippen LogP contribution in [0.25, 0.3) is 16.3 Å². The third-order valence-electron chi connectivity index (χ3n) is 4.56. The SMILES string of the molecule is O=C1c2ccccc2C(=O)N1CCc1nn2c(-c3ccc(Cl)cc3)nnc2s1. The van der Waals surface area contributed by atoms with Crippen LogP contribution in [-0.2, 0) is 6.42 Å². The lowest BCUT2D eigenvalue weighted by molar-refractivity contribution is 0.0656. The number of carbonyl (C=O) groups excluding carboxylic acids is 2. The van der Waals surface area contributed by atoms with Crippen LogP contribution < -0.4 is 0 Å². The number of halogens is 1. The topological polar surface area (TPSA) is 80.5 Å². The summed E-state index contributed by atoms with van der Waals surface area (Å²) in [7, 11) is 0. The number of benzene rings is 2. The Labute approximate surface area is 168 Å². The van der Waals surface area contributed by atoms with E-state index in [0.29, 0.717) is 33.4 Å². The molecular weight excluding hydrogens is 398 g/mol. The maximum atomic E-state index is 12.5. The van der Waals surface area contributed by atoms with E-state index in [1.807, 2.05) is 12.1 Å². The average molecular weight is 410 g/mol. The van der Waals surface area contributed by atoms with Crippen LogP contribution in [0.3, 0.4) is 0 Å². The quantitative estimate of drug-likeness (QED) is 0.483. The van der Waals surface area contributed by atoms with Crippen molar-refractivity contribution in [2.45, 2.75) is 6.42 Å². The van der Waals surface area contributed by atoms with E-state index in [1.165, 1.54) is 16.2 Å². The fourth-order valence-electron chi connectivity index (χ4n) is 3.19. The molecule has 4 aromatic rings. The monoisotopic (exact) mass is 409 g/mol.